The van der Waals surface area contributed by atoms with Gasteiger partial charge in [-0.15, -0.1) is 36.2 Å². The molecule has 1 amide bonds. The Bertz CT molecular complexity index is 445. The molecule has 1 aliphatic heterocycles. The minimum atomic E-state index is 0. The lowest BCUT2D eigenvalue weighted by Gasteiger charge is -2.26. The largest absolute Gasteiger partial charge is 0.316 e. The predicted molar refractivity (Wildman–Crippen MR) is 91.0 cm³/mol. The number of amides is 1. The van der Waals surface area contributed by atoms with Crippen LogP contribution in [0.25, 0.3) is 0 Å². The summed E-state index contributed by atoms with van der Waals surface area (Å²) in [5, 5.41) is 7.33. The average molecular weight is 340 g/mol. The van der Waals surface area contributed by atoms with Crippen LogP contribution in [0, 0.1) is 20.8 Å². The summed E-state index contributed by atoms with van der Waals surface area (Å²) >= 11 is 1.67. The molecule has 0 radical (unpaired) electrons. The van der Waals surface area contributed by atoms with Crippen molar-refractivity contribution in [1.82, 2.24) is 10.2 Å². The second kappa shape index (κ2) is 8.85. The van der Waals surface area contributed by atoms with Gasteiger partial charge in [-0.3, -0.25) is 9.69 Å². The molecule has 0 unspecified atom stereocenters. The summed E-state index contributed by atoms with van der Waals surface area (Å²) in [5.41, 5.74) is 2.49. The number of rotatable bonds is 3. The van der Waals surface area contributed by atoms with Crippen molar-refractivity contribution in [3.63, 3.8) is 0 Å². The highest BCUT2D eigenvalue weighted by Gasteiger charge is 2.15. The van der Waals surface area contributed by atoms with E-state index in [-0.39, 0.29) is 30.7 Å². The lowest BCUT2D eigenvalue weighted by Crippen LogP contribution is -2.46. The molecule has 20 heavy (non-hydrogen) atoms. The van der Waals surface area contributed by atoms with E-state index >= 15 is 0 Å². The third-order valence-electron chi connectivity index (χ3n) is 3.52. The Morgan fingerprint density at radius 2 is 1.80 bits per heavy atom. The van der Waals surface area contributed by atoms with E-state index in [1.165, 1.54) is 16.0 Å². The molecule has 1 fully saturated rings. The van der Waals surface area contributed by atoms with Crippen LogP contribution in [0.3, 0.4) is 0 Å². The maximum absolute atomic E-state index is 12.0. The van der Waals surface area contributed by atoms with Crippen LogP contribution < -0.4 is 10.6 Å². The number of anilines is 1. The highest BCUT2D eigenvalue weighted by atomic mass is 35.5. The molecule has 0 bridgehead atoms. The van der Waals surface area contributed by atoms with Gasteiger partial charge >= 0.3 is 0 Å². The van der Waals surface area contributed by atoms with Crippen molar-refractivity contribution in [3.8, 4) is 0 Å². The summed E-state index contributed by atoms with van der Waals surface area (Å²) < 4.78 is 0. The molecule has 1 aromatic heterocycles. The first-order chi connectivity index (χ1) is 8.58. The number of hydrogen-bond donors (Lipinski definition) is 2. The number of halogens is 2. The molecule has 2 heterocycles. The molecule has 0 aliphatic carbocycles. The van der Waals surface area contributed by atoms with Gasteiger partial charge in [0.15, 0.2) is 0 Å². The summed E-state index contributed by atoms with van der Waals surface area (Å²) in [6.45, 7) is 10.6. The molecule has 1 aromatic rings. The molecule has 7 heteroatoms. The van der Waals surface area contributed by atoms with Gasteiger partial charge in [0, 0.05) is 31.1 Å². The van der Waals surface area contributed by atoms with Crippen molar-refractivity contribution in [1.29, 1.82) is 0 Å². The maximum Gasteiger partial charge on any atom is 0.239 e. The zero-order chi connectivity index (χ0) is 13.1. The third-order valence-corrected chi connectivity index (χ3v) is 4.74. The van der Waals surface area contributed by atoms with Crippen LogP contribution >= 0.6 is 36.2 Å². The van der Waals surface area contributed by atoms with Gasteiger partial charge in [-0.1, -0.05) is 0 Å². The summed E-state index contributed by atoms with van der Waals surface area (Å²) in [5.74, 6) is 0.0984. The fraction of sp³-hybridized carbons (Fsp3) is 0.615. The average Bonchev–Trinajstić information content (AvgIpc) is 2.58. The smallest absolute Gasteiger partial charge is 0.239 e. The molecule has 1 saturated heterocycles. The second-order valence-corrected chi connectivity index (χ2v) is 6.04. The fourth-order valence-corrected chi connectivity index (χ4v) is 3.18. The third kappa shape index (κ3) is 4.90. The highest BCUT2D eigenvalue weighted by Crippen LogP contribution is 2.31. The van der Waals surface area contributed by atoms with E-state index < -0.39 is 0 Å². The van der Waals surface area contributed by atoms with Gasteiger partial charge in [0.2, 0.25) is 5.91 Å². The summed E-state index contributed by atoms with van der Waals surface area (Å²) in [4.78, 5) is 15.5. The van der Waals surface area contributed by atoms with Gasteiger partial charge in [0.25, 0.3) is 0 Å². The molecule has 0 atom stereocenters. The summed E-state index contributed by atoms with van der Waals surface area (Å²) in [6, 6.07) is 0. The van der Waals surface area contributed by atoms with Crippen LogP contribution in [0.5, 0.6) is 0 Å². The van der Waals surface area contributed by atoms with Crippen LogP contribution in [0.4, 0.5) is 5.00 Å². The van der Waals surface area contributed by atoms with Crippen molar-refractivity contribution in [2.24, 2.45) is 0 Å². The molecule has 116 valence electrons. The molecule has 0 saturated carbocycles. The van der Waals surface area contributed by atoms with E-state index in [4.69, 9.17) is 0 Å². The Balaban J connectivity index is 0.00000180. The number of carbonyl (C=O) groups is 1. The van der Waals surface area contributed by atoms with Crippen LogP contribution in [0.2, 0.25) is 0 Å². The molecule has 2 rings (SSSR count). The number of piperazine rings is 1. The van der Waals surface area contributed by atoms with E-state index in [2.05, 4.69) is 36.3 Å². The van der Waals surface area contributed by atoms with Crippen molar-refractivity contribution in [3.05, 3.63) is 16.0 Å². The Hall–Kier alpha value is -0.330. The van der Waals surface area contributed by atoms with Gasteiger partial charge in [-0.2, -0.15) is 0 Å². The van der Waals surface area contributed by atoms with Crippen molar-refractivity contribution in [2.75, 3.05) is 38.0 Å². The van der Waals surface area contributed by atoms with Crippen molar-refractivity contribution < 1.29 is 4.79 Å². The SMILES string of the molecule is Cc1sc(NC(=O)CN2CCNCC2)c(C)c1C.Cl.Cl. The van der Waals surface area contributed by atoms with Crippen LogP contribution in [0.15, 0.2) is 0 Å². The minimum absolute atomic E-state index is 0. The minimum Gasteiger partial charge on any atom is -0.316 e. The zero-order valence-electron chi connectivity index (χ0n) is 12.1. The van der Waals surface area contributed by atoms with E-state index in [1.54, 1.807) is 11.3 Å². The monoisotopic (exact) mass is 339 g/mol. The summed E-state index contributed by atoms with van der Waals surface area (Å²) in [6.07, 6.45) is 0. The lowest BCUT2D eigenvalue weighted by atomic mass is 10.2. The van der Waals surface area contributed by atoms with E-state index in [0.717, 1.165) is 31.2 Å². The quantitative estimate of drug-likeness (QED) is 0.888. The predicted octanol–water partition coefficient (Wildman–Crippen LogP) is 2.36. The van der Waals surface area contributed by atoms with Gasteiger partial charge in [0.05, 0.1) is 11.5 Å². The number of carbonyl (C=O) groups excluding carboxylic acids is 1. The molecule has 4 nitrogen and oxygen atoms in total. The second-order valence-electron chi connectivity index (χ2n) is 4.81. The molecule has 0 aromatic carbocycles. The molecule has 2 N–H and O–H groups in total. The normalized spacial score (nSPS) is 15.2. The van der Waals surface area contributed by atoms with E-state index in [9.17, 15) is 4.79 Å². The van der Waals surface area contributed by atoms with Crippen LogP contribution in [-0.4, -0.2) is 43.5 Å². The first-order valence-electron chi connectivity index (χ1n) is 6.37. The molecular formula is C13H23Cl2N3OS. The Morgan fingerprint density at radius 1 is 1.20 bits per heavy atom. The first-order valence-corrected chi connectivity index (χ1v) is 7.19. The Kier molecular flexibility index (Phi) is 8.70. The molecule has 0 spiro atoms. The van der Waals surface area contributed by atoms with Gasteiger partial charge in [0.1, 0.15) is 0 Å². The number of hydrogen-bond acceptors (Lipinski definition) is 4. The molecular weight excluding hydrogens is 317 g/mol. The first kappa shape index (κ1) is 19.7. The zero-order valence-corrected chi connectivity index (χ0v) is 14.6. The number of aryl methyl sites for hydroxylation is 1. The number of nitrogens with one attached hydrogen (secondary N) is 2. The van der Waals surface area contributed by atoms with Crippen LogP contribution in [-0.2, 0) is 4.79 Å². The van der Waals surface area contributed by atoms with Gasteiger partial charge in [-0.25, -0.2) is 0 Å². The van der Waals surface area contributed by atoms with Crippen molar-refractivity contribution >= 4 is 47.1 Å². The summed E-state index contributed by atoms with van der Waals surface area (Å²) in [7, 11) is 0. The van der Waals surface area contributed by atoms with E-state index in [1.807, 2.05) is 0 Å². The van der Waals surface area contributed by atoms with Gasteiger partial charge < -0.3 is 10.6 Å². The Labute approximate surface area is 137 Å². The fourth-order valence-electron chi connectivity index (χ4n) is 2.10. The van der Waals surface area contributed by atoms with Gasteiger partial charge in [-0.05, 0) is 31.9 Å². The maximum atomic E-state index is 12.0. The number of thiophene rings is 1. The molecule has 1 aliphatic rings. The lowest BCUT2D eigenvalue weighted by molar-refractivity contribution is -0.117. The highest BCUT2D eigenvalue weighted by molar-refractivity contribution is 7.16. The number of nitrogens with zero attached hydrogens (tertiary/aromatic N) is 1. The standard InChI is InChI=1S/C13H21N3OS.2ClH/c1-9-10(2)13(18-11(9)3)15-12(17)8-16-6-4-14-5-7-16;;/h14H,4-8H2,1-3H3,(H,15,17);2*1H. The van der Waals surface area contributed by atoms with E-state index in [0.29, 0.717) is 6.54 Å². The van der Waals surface area contributed by atoms with Crippen LogP contribution in [0.1, 0.15) is 16.0 Å². The topological polar surface area (TPSA) is 44.4 Å². The Morgan fingerprint density at radius 3 is 2.30 bits per heavy atom. The van der Waals surface area contributed by atoms with Crippen molar-refractivity contribution in [2.45, 2.75) is 20.8 Å².